The minimum Gasteiger partial charge on any atom is -0.397 e. The molecule has 0 heterocycles. The molecule has 1 atom stereocenters. The highest BCUT2D eigenvalue weighted by Gasteiger charge is 2.07. The SMILES string of the molecule is CC(Nc1cc(C#N)ccc1N)c1ccccc1. The highest BCUT2D eigenvalue weighted by molar-refractivity contribution is 5.68. The van der Waals surface area contributed by atoms with E-state index in [4.69, 9.17) is 11.0 Å². The molecule has 0 radical (unpaired) electrons. The third kappa shape index (κ3) is 2.61. The van der Waals surface area contributed by atoms with Gasteiger partial charge in [-0.05, 0) is 30.7 Å². The molecule has 2 aromatic rings. The summed E-state index contributed by atoms with van der Waals surface area (Å²) in [5, 5.41) is 12.2. The van der Waals surface area contributed by atoms with E-state index in [1.807, 2.05) is 18.2 Å². The van der Waals surface area contributed by atoms with Gasteiger partial charge in [-0.25, -0.2) is 0 Å². The van der Waals surface area contributed by atoms with Crippen LogP contribution in [0, 0.1) is 11.3 Å². The fourth-order valence-electron chi connectivity index (χ4n) is 1.81. The van der Waals surface area contributed by atoms with Gasteiger partial charge in [-0.3, -0.25) is 0 Å². The standard InChI is InChI=1S/C15H15N3/c1-11(13-5-3-2-4-6-13)18-15-9-12(10-16)7-8-14(15)17/h2-9,11,18H,17H2,1H3. The van der Waals surface area contributed by atoms with Gasteiger partial charge in [0.15, 0.2) is 0 Å². The third-order valence-corrected chi connectivity index (χ3v) is 2.85. The smallest absolute Gasteiger partial charge is 0.0992 e. The fourth-order valence-corrected chi connectivity index (χ4v) is 1.81. The van der Waals surface area contributed by atoms with Crippen LogP contribution in [-0.2, 0) is 0 Å². The van der Waals surface area contributed by atoms with Gasteiger partial charge in [0, 0.05) is 6.04 Å². The predicted molar refractivity (Wildman–Crippen MR) is 74.0 cm³/mol. The van der Waals surface area contributed by atoms with Crippen LogP contribution in [0.2, 0.25) is 0 Å². The van der Waals surface area contributed by atoms with Crippen molar-refractivity contribution in [1.82, 2.24) is 0 Å². The number of nitrogens with zero attached hydrogens (tertiary/aromatic N) is 1. The summed E-state index contributed by atoms with van der Waals surface area (Å²) in [6.45, 7) is 2.06. The van der Waals surface area contributed by atoms with E-state index >= 15 is 0 Å². The molecule has 3 N–H and O–H groups in total. The molecule has 3 heteroatoms. The Bertz CT molecular complexity index is 570. The maximum absolute atomic E-state index is 8.89. The molecule has 0 amide bonds. The Morgan fingerprint density at radius 3 is 2.56 bits per heavy atom. The van der Waals surface area contributed by atoms with Gasteiger partial charge < -0.3 is 11.1 Å². The molecule has 0 aliphatic heterocycles. The van der Waals surface area contributed by atoms with Crippen LogP contribution in [0.4, 0.5) is 11.4 Å². The number of nitrogen functional groups attached to an aromatic ring is 1. The van der Waals surface area contributed by atoms with Gasteiger partial charge in [-0.15, -0.1) is 0 Å². The van der Waals surface area contributed by atoms with Crippen LogP contribution in [0.1, 0.15) is 24.1 Å². The second kappa shape index (κ2) is 5.24. The van der Waals surface area contributed by atoms with Crippen molar-refractivity contribution in [3.05, 3.63) is 59.7 Å². The van der Waals surface area contributed by atoms with Crippen molar-refractivity contribution in [3.63, 3.8) is 0 Å². The minimum absolute atomic E-state index is 0.141. The summed E-state index contributed by atoms with van der Waals surface area (Å²) < 4.78 is 0. The van der Waals surface area contributed by atoms with E-state index in [-0.39, 0.29) is 6.04 Å². The fraction of sp³-hybridized carbons (Fsp3) is 0.133. The topological polar surface area (TPSA) is 61.8 Å². The Hall–Kier alpha value is -2.47. The number of nitrogens with one attached hydrogen (secondary N) is 1. The molecular weight excluding hydrogens is 222 g/mol. The lowest BCUT2D eigenvalue weighted by molar-refractivity contribution is 0.885. The number of anilines is 2. The maximum Gasteiger partial charge on any atom is 0.0992 e. The molecule has 0 saturated carbocycles. The van der Waals surface area contributed by atoms with Crippen molar-refractivity contribution in [2.24, 2.45) is 0 Å². The van der Waals surface area contributed by atoms with Crippen molar-refractivity contribution in [2.45, 2.75) is 13.0 Å². The van der Waals surface area contributed by atoms with E-state index in [2.05, 4.69) is 30.4 Å². The molecule has 0 saturated heterocycles. The van der Waals surface area contributed by atoms with Gasteiger partial charge in [-0.1, -0.05) is 30.3 Å². The first kappa shape index (κ1) is 12.0. The average Bonchev–Trinajstić information content (AvgIpc) is 2.42. The van der Waals surface area contributed by atoms with E-state index in [0.717, 1.165) is 5.69 Å². The second-order valence-corrected chi connectivity index (χ2v) is 4.19. The molecular formula is C15H15N3. The molecule has 90 valence electrons. The van der Waals surface area contributed by atoms with Crippen molar-refractivity contribution in [1.29, 1.82) is 5.26 Å². The Kier molecular flexibility index (Phi) is 3.49. The Morgan fingerprint density at radius 2 is 1.89 bits per heavy atom. The molecule has 3 nitrogen and oxygen atoms in total. The normalized spacial score (nSPS) is 11.6. The van der Waals surface area contributed by atoms with Crippen LogP contribution in [-0.4, -0.2) is 0 Å². The van der Waals surface area contributed by atoms with Crippen LogP contribution in [0.15, 0.2) is 48.5 Å². The van der Waals surface area contributed by atoms with Crippen molar-refractivity contribution >= 4 is 11.4 Å². The van der Waals surface area contributed by atoms with Crippen LogP contribution >= 0.6 is 0 Å². The van der Waals surface area contributed by atoms with Crippen molar-refractivity contribution in [2.75, 3.05) is 11.1 Å². The number of rotatable bonds is 3. The van der Waals surface area contributed by atoms with Crippen LogP contribution < -0.4 is 11.1 Å². The zero-order valence-electron chi connectivity index (χ0n) is 10.2. The predicted octanol–water partition coefficient (Wildman–Crippen LogP) is 3.31. The summed E-state index contributed by atoms with van der Waals surface area (Å²) in [7, 11) is 0. The molecule has 0 bridgehead atoms. The minimum atomic E-state index is 0.141. The molecule has 0 spiro atoms. The summed E-state index contributed by atoms with van der Waals surface area (Å²) in [5.41, 5.74) is 9.13. The Morgan fingerprint density at radius 1 is 1.17 bits per heavy atom. The lowest BCUT2D eigenvalue weighted by Crippen LogP contribution is -2.08. The first-order chi connectivity index (χ1) is 8.70. The van der Waals surface area contributed by atoms with E-state index < -0.39 is 0 Å². The lowest BCUT2D eigenvalue weighted by Gasteiger charge is -2.17. The summed E-state index contributed by atoms with van der Waals surface area (Å²) in [6, 6.07) is 17.6. The summed E-state index contributed by atoms with van der Waals surface area (Å²) in [4.78, 5) is 0. The van der Waals surface area contributed by atoms with Gasteiger partial charge in [0.1, 0.15) is 0 Å². The van der Waals surface area contributed by atoms with Crippen molar-refractivity contribution in [3.8, 4) is 6.07 Å². The Balaban J connectivity index is 2.22. The highest BCUT2D eigenvalue weighted by atomic mass is 14.9. The molecule has 2 rings (SSSR count). The van der Waals surface area contributed by atoms with E-state index in [9.17, 15) is 0 Å². The largest absolute Gasteiger partial charge is 0.397 e. The third-order valence-electron chi connectivity index (χ3n) is 2.85. The van der Waals surface area contributed by atoms with Gasteiger partial charge in [-0.2, -0.15) is 5.26 Å². The van der Waals surface area contributed by atoms with E-state index in [1.54, 1.807) is 18.2 Å². The van der Waals surface area contributed by atoms with Gasteiger partial charge in [0.25, 0.3) is 0 Å². The first-order valence-corrected chi connectivity index (χ1v) is 5.82. The van der Waals surface area contributed by atoms with Crippen molar-refractivity contribution < 1.29 is 0 Å². The molecule has 0 aliphatic carbocycles. The highest BCUT2D eigenvalue weighted by Crippen LogP contribution is 2.25. The van der Waals surface area contributed by atoms with Crippen LogP contribution in [0.3, 0.4) is 0 Å². The zero-order valence-corrected chi connectivity index (χ0v) is 10.2. The monoisotopic (exact) mass is 237 g/mol. The molecule has 0 fully saturated rings. The molecule has 18 heavy (non-hydrogen) atoms. The second-order valence-electron chi connectivity index (χ2n) is 4.19. The summed E-state index contributed by atoms with van der Waals surface area (Å²) in [5.74, 6) is 0. The quantitative estimate of drug-likeness (QED) is 0.805. The molecule has 0 aromatic heterocycles. The van der Waals surface area contributed by atoms with Crippen LogP contribution in [0.25, 0.3) is 0 Å². The number of benzene rings is 2. The lowest BCUT2D eigenvalue weighted by atomic mass is 10.1. The number of hydrogen-bond acceptors (Lipinski definition) is 3. The van der Waals surface area contributed by atoms with Gasteiger partial charge >= 0.3 is 0 Å². The first-order valence-electron chi connectivity index (χ1n) is 5.82. The Labute approximate surface area is 107 Å². The van der Waals surface area contributed by atoms with E-state index in [1.165, 1.54) is 5.56 Å². The molecule has 0 aliphatic rings. The van der Waals surface area contributed by atoms with E-state index in [0.29, 0.717) is 11.3 Å². The number of hydrogen-bond donors (Lipinski definition) is 2. The maximum atomic E-state index is 8.89. The van der Waals surface area contributed by atoms with Crippen LogP contribution in [0.5, 0.6) is 0 Å². The van der Waals surface area contributed by atoms with Gasteiger partial charge in [0.2, 0.25) is 0 Å². The number of nitrogens with two attached hydrogens (primary N) is 1. The zero-order chi connectivity index (χ0) is 13.0. The summed E-state index contributed by atoms with van der Waals surface area (Å²) >= 11 is 0. The molecule has 2 aromatic carbocycles. The van der Waals surface area contributed by atoms with Gasteiger partial charge in [0.05, 0.1) is 23.0 Å². The molecule has 1 unspecified atom stereocenters. The summed E-state index contributed by atoms with van der Waals surface area (Å²) in [6.07, 6.45) is 0. The average molecular weight is 237 g/mol. The number of nitriles is 1.